The monoisotopic (exact) mass is 215 g/mol. The third-order valence-electron chi connectivity index (χ3n) is 1.86. The zero-order valence-corrected chi connectivity index (χ0v) is 8.01. The van der Waals surface area contributed by atoms with Gasteiger partial charge in [0.05, 0.1) is 12.0 Å². The summed E-state index contributed by atoms with van der Waals surface area (Å²) in [6, 6.07) is 2.72. The van der Waals surface area contributed by atoms with Gasteiger partial charge in [0.1, 0.15) is 10.8 Å². The number of halogens is 2. The Morgan fingerprint density at radius 1 is 1.50 bits per heavy atom. The van der Waals surface area contributed by atoms with Gasteiger partial charge in [0.15, 0.2) is 11.6 Å². The van der Waals surface area contributed by atoms with Crippen molar-refractivity contribution < 1.29 is 14.6 Å². The van der Waals surface area contributed by atoms with Crippen molar-refractivity contribution in [3.8, 4) is 17.6 Å². The second-order valence-corrected chi connectivity index (χ2v) is 3.19. The fourth-order valence-corrected chi connectivity index (χ4v) is 1.22. The molecule has 2 N–H and O–H groups in total. The lowest BCUT2D eigenvalue weighted by atomic mass is 10.0. The highest BCUT2D eigenvalue weighted by Gasteiger charge is 2.19. The van der Waals surface area contributed by atoms with E-state index in [1.807, 2.05) is 6.07 Å². The van der Waals surface area contributed by atoms with Gasteiger partial charge in [-0.2, -0.15) is 5.26 Å². The SMILES string of the molecule is CC(C#N)c1cc(F)c(O)c(Cl)c1O. The summed E-state index contributed by atoms with van der Waals surface area (Å²) in [5, 5.41) is 26.5. The number of rotatable bonds is 1. The molecule has 0 saturated carbocycles. The highest BCUT2D eigenvalue weighted by atomic mass is 35.5. The predicted octanol–water partition coefficient (Wildman–Crippen LogP) is 2.52. The van der Waals surface area contributed by atoms with Crippen molar-refractivity contribution in [3.05, 3.63) is 22.5 Å². The molecule has 0 fully saturated rings. The van der Waals surface area contributed by atoms with Gasteiger partial charge < -0.3 is 10.2 Å². The standard InChI is InChI=1S/C9H7ClFNO2/c1-4(3-12)5-2-6(11)9(14)7(10)8(5)13/h2,4,13-14H,1H3. The third kappa shape index (κ3) is 1.59. The van der Waals surface area contributed by atoms with E-state index in [4.69, 9.17) is 22.0 Å². The van der Waals surface area contributed by atoms with Gasteiger partial charge in [-0.1, -0.05) is 11.6 Å². The average Bonchev–Trinajstić information content (AvgIpc) is 2.19. The van der Waals surface area contributed by atoms with Crippen LogP contribution in [0, 0.1) is 17.1 Å². The lowest BCUT2D eigenvalue weighted by Gasteiger charge is -2.09. The van der Waals surface area contributed by atoms with Crippen molar-refractivity contribution in [3.63, 3.8) is 0 Å². The molecule has 1 aromatic rings. The van der Waals surface area contributed by atoms with Crippen LogP contribution >= 0.6 is 11.6 Å². The Hall–Kier alpha value is -1.47. The molecule has 1 unspecified atom stereocenters. The van der Waals surface area contributed by atoms with Crippen LogP contribution in [-0.4, -0.2) is 10.2 Å². The number of hydrogen-bond donors (Lipinski definition) is 2. The quantitative estimate of drug-likeness (QED) is 0.757. The van der Waals surface area contributed by atoms with Gasteiger partial charge in [-0.05, 0) is 13.0 Å². The molecule has 0 radical (unpaired) electrons. The van der Waals surface area contributed by atoms with E-state index in [9.17, 15) is 9.50 Å². The number of nitrogens with zero attached hydrogens (tertiary/aromatic N) is 1. The minimum atomic E-state index is -0.954. The van der Waals surface area contributed by atoms with Crippen LogP contribution in [-0.2, 0) is 0 Å². The molecule has 1 aromatic carbocycles. The van der Waals surface area contributed by atoms with E-state index < -0.39 is 28.3 Å². The number of nitriles is 1. The lowest BCUT2D eigenvalue weighted by Crippen LogP contribution is -1.93. The Kier molecular flexibility index (Phi) is 2.82. The van der Waals surface area contributed by atoms with Crippen LogP contribution < -0.4 is 0 Å². The maximum absolute atomic E-state index is 13.0. The molecule has 74 valence electrons. The van der Waals surface area contributed by atoms with E-state index in [0.717, 1.165) is 6.07 Å². The Bertz CT molecular complexity index is 414. The van der Waals surface area contributed by atoms with Crippen molar-refractivity contribution >= 4 is 11.6 Å². The molecule has 0 bridgehead atoms. The third-order valence-corrected chi connectivity index (χ3v) is 2.22. The Labute approximate surface area is 85.0 Å². The first kappa shape index (κ1) is 10.6. The first-order valence-corrected chi connectivity index (χ1v) is 4.16. The highest BCUT2D eigenvalue weighted by molar-refractivity contribution is 6.33. The van der Waals surface area contributed by atoms with Crippen LogP contribution in [0.25, 0.3) is 0 Å². The van der Waals surface area contributed by atoms with Gasteiger partial charge in [-0.25, -0.2) is 4.39 Å². The van der Waals surface area contributed by atoms with Gasteiger partial charge in [0.25, 0.3) is 0 Å². The maximum Gasteiger partial charge on any atom is 0.174 e. The largest absolute Gasteiger partial charge is 0.506 e. The summed E-state index contributed by atoms with van der Waals surface area (Å²) in [5.41, 5.74) is 0.0628. The molecule has 0 spiro atoms. The summed E-state index contributed by atoms with van der Waals surface area (Å²) >= 11 is 5.44. The molecule has 0 saturated heterocycles. The smallest absolute Gasteiger partial charge is 0.174 e. The zero-order chi connectivity index (χ0) is 10.9. The van der Waals surface area contributed by atoms with E-state index >= 15 is 0 Å². The minimum absolute atomic E-state index is 0.0628. The van der Waals surface area contributed by atoms with Crippen LogP contribution in [0.1, 0.15) is 18.4 Å². The van der Waals surface area contributed by atoms with Crippen LogP contribution in [0.3, 0.4) is 0 Å². The lowest BCUT2D eigenvalue weighted by molar-refractivity contribution is 0.416. The van der Waals surface area contributed by atoms with E-state index in [2.05, 4.69) is 0 Å². The van der Waals surface area contributed by atoms with Gasteiger partial charge in [-0.3, -0.25) is 0 Å². The van der Waals surface area contributed by atoms with Crippen LogP contribution in [0.15, 0.2) is 6.07 Å². The molecule has 0 aliphatic rings. The Morgan fingerprint density at radius 3 is 2.57 bits per heavy atom. The van der Waals surface area contributed by atoms with Crippen molar-refractivity contribution in [1.29, 1.82) is 5.26 Å². The van der Waals surface area contributed by atoms with E-state index in [1.165, 1.54) is 6.92 Å². The second-order valence-electron chi connectivity index (χ2n) is 2.81. The maximum atomic E-state index is 13.0. The molecule has 14 heavy (non-hydrogen) atoms. The number of hydrogen-bond acceptors (Lipinski definition) is 3. The molecule has 5 heteroatoms. The Morgan fingerprint density at radius 2 is 2.07 bits per heavy atom. The summed E-state index contributed by atoms with van der Waals surface area (Å²) in [4.78, 5) is 0. The number of benzene rings is 1. The summed E-state index contributed by atoms with van der Waals surface area (Å²) in [6.07, 6.45) is 0. The van der Waals surface area contributed by atoms with Gasteiger partial charge in [-0.15, -0.1) is 0 Å². The molecule has 0 heterocycles. The molecule has 1 atom stereocenters. The highest BCUT2D eigenvalue weighted by Crippen LogP contribution is 2.40. The first-order valence-electron chi connectivity index (χ1n) is 3.78. The Balaban J connectivity index is 3.42. The summed E-state index contributed by atoms with van der Waals surface area (Å²) < 4.78 is 13.0. The van der Waals surface area contributed by atoms with E-state index in [0.29, 0.717) is 0 Å². The van der Waals surface area contributed by atoms with Gasteiger partial charge in [0.2, 0.25) is 0 Å². The van der Waals surface area contributed by atoms with Crippen molar-refractivity contribution in [2.24, 2.45) is 0 Å². The molecule has 3 nitrogen and oxygen atoms in total. The average molecular weight is 216 g/mol. The molecule has 0 aliphatic carbocycles. The fourth-order valence-electron chi connectivity index (χ4n) is 1.02. The molecular weight excluding hydrogens is 209 g/mol. The molecule has 0 aromatic heterocycles. The second kappa shape index (κ2) is 3.72. The van der Waals surface area contributed by atoms with Crippen molar-refractivity contribution in [1.82, 2.24) is 0 Å². The predicted molar refractivity (Wildman–Crippen MR) is 48.8 cm³/mol. The van der Waals surface area contributed by atoms with Crippen LogP contribution in [0.2, 0.25) is 5.02 Å². The zero-order valence-electron chi connectivity index (χ0n) is 7.25. The topological polar surface area (TPSA) is 64.2 Å². The number of aromatic hydroxyl groups is 2. The minimum Gasteiger partial charge on any atom is -0.506 e. The number of phenolic OH excluding ortho intramolecular Hbond substituents is 2. The summed E-state index contributed by atoms with van der Waals surface area (Å²) in [5.74, 6) is -2.91. The normalized spacial score (nSPS) is 12.1. The summed E-state index contributed by atoms with van der Waals surface area (Å²) in [7, 11) is 0. The van der Waals surface area contributed by atoms with Crippen LogP contribution in [0.5, 0.6) is 11.5 Å². The van der Waals surface area contributed by atoms with E-state index in [-0.39, 0.29) is 5.56 Å². The molecule has 1 rings (SSSR count). The van der Waals surface area contributed by atoms with Gasteiger partial charge in [0, 0.05) is 5.56 Å². The van der Waals surface area contributed by atoms with Gasteiger partial charge >= 0.3 is 0 Å². The first-order chi connectivity index (χ1) is 6.49. The van der Waals surface area contributed by atoms with Crippen molar-refractivity contribution in [2.45, 2.75) is 12.8 Å². The van der Waals surface area contributed by atoms with E-state index in [1.54, 1.807) is 0 Å². The molecule has 0 amide bonds. The van der Waals surface area contributed by atoms with Crippen molar-refractivity contribution in [2.75, 3.05) is 0 Å². The molecule has 0 aliphatic heterocycles. The number of phenols is 2. The molecular formula is C9H7ClFNO2. The summed E-state index contributed by atoms with van der Waals surface area (Å²) in [6.45, 7) is 1.49. The fraction of sp³-hybridized carbons (Fsp3) is 0.222. The van der Waals surface area contributed by atoms with Crippen LogP contribution in [0.4, 0.5) is 4.39 Å².